The van der Waals surface area contributed by atoms with Gasteiger partial charge in [-0.1, -0.05) is 26.7 Å². The average molecular weight is 335 g/mol. The molecule has 0 amide bonds. The van der Waals surface area contributed by atoms with Gasteiger partial charge in [-0.2, -0.15) is 0 Å². The molecule has 136 valence electrons. The van der Waals surface area contributed by atoms with E-state index >= 15 is 0 Å². The summed E-state index contributed by atoms with van der Waals surface area (Å²) in [5, 5.41) is 10.6. The third kappa shape index (κ3) is 2.29. The molecule has 4 rings (SSSR count). The van der Waals surface area contributed by atoms with E-state index in [1.807, 2.05) is 0 Å². The molecule has 1 N–H and O–H groups in total. The molecule has 8 atom stereocenters. The fourth-order valence-corrected chi connectivity index (χ4v) is 7.66. The van der Waals surface area contributed by atoms with E-state index in [1.54, 1.807) is 0 Å². The van der Waals surface area contributed by atoms with Crippen LogP contribution in [-0.2, 0) is 9.53 Å². The number of aliphatic hydroxyl groups is 1. The van der Waals surface area contributed by atoms with Gasteiger partial charge in [-0.15, -0.1) is 0 Å². The van der Waals surface area contributed by atoms with Gasteiger partial charge in [-0.05, 0) is 74.0 Å². The van der Waals surface area contributed by atoms with Crippen LogP contribution < -0.4 is 0 Å². The second-order valence-corrected chi connectivity index (χ2v) is 9.78. The second kappa shape index (κ2) is 5.72. The fourth-order valence-electron chi connectivity index (χ4n) is 7.66. The smallest absolute Gasteiger partial charge is 0.303 e. The van der Waals surface area contributed by atoms with Crippen molar-refractivity contribution in [3.8, 4) is 0 Å². The summed E-state index contributed by atoms with van der Waals surface area (Å²) in [4.78, 5) is 11.6. The molecule has 24 heavy (non-hydrogen) atoms. The summed E-state index contributed by atoms with van der Waals surface area (Å²) in [5.74, 6) is 2.74. The predicted octanol–water partition coefficient (Wildman–Crippen LogP) is 4.32. The maximum Gasteiger partial charge on any atom is 0.303 e. The Morgan fingerprint density at radius 2 is 1.79 bits per heavy atom. The van der Waals surface area contributed by atoms with Gasteiger partial charge in [0.15, 0.2) is 0 Å². The quantitative estimate of drug-likeness (QED) is 0.726. The molecule has 3 heteroatoms. The Morgan fingerprint density at radius 3 is 2.54 bits per heavy atom. The van der Waals surface area contributed by atoms with Gasteiger partial charge in [-0.3, -0.25) is 4.79 Å². The minimum absolute atomic E-state index is 0.0237. The van der Waals surface area contributed by atoms with E-state index in [0.29, 0.717) is 11.3 Å². The van der Waals surface area contributed by atoms with E-state index in [2.05, 4.69) is 13.8 Å². The van der Waals surface area contributed by atoms with Crippen LogP contribution in [0, 0.1) is 34.5 Å². The predicted molar refractivity (Wildman–Crippen MR) is 93.3 cm³/mol. The molecule has 0 saturated heterocycles. The van der Waals surface area contributed by atoms with Crippen molar-refractivity contribution in [2.24, 2.45) is 34.5 Å². The van der Waals surface area contributed by atoms with Crippen molar-refractivity contribution in [3.63, 3.8) is 0 Å². The van der Waals surface area contributed by atoms with Crippen LogP contribution in [-0.4, -0.2) is 23.3 Å². The van der Waals surface area contributed by atoms with Crippen molar-refractivity contribution in [1.82, 2.24) is 0 Å². The van der Waals surface area contributed by atoms with Gasteiger partial charge in [0.05, 0.1) is 6.10 Å². The van der Waals surface area contributed by atoms with E-state index < -0.39 is 6.10 Å². The number of hydrogen-bond donors (Lipinski definition) is 1. The van der Waals surface area contributed by atoms with Gasteiger partial charge in [0.1, 0.15) is 6.10 Å². The first-order valence-electron chi connectivity index (χ1n) is 10.2. The van der Waals surface area contributed by atoms with Gasteiger partial charge in [-0.25, -0.2) is 0 Å². The molecular weight excluding hydrogens is 300 g/mol. The Labute approximate surface area is 146 Å². The zero-order chi connectivity index (χ0) is 17.1. The minimum Gasteiger partial charge on any atom is -0.459 e. The first-order valence-corrected chi connectivity index (χ1v) is 10.2. The Bertz CT molecular complexity index is 517. The van der Waals surface area contributed by atoms with Crippen LogP contribution in [0.25, 0.3) is 0 Å². The lowest BCUT2D eigenvalue weighted by molar-refractivity contribution is -0.167. The summed E-state index contributed by atoms with van der Waals surface area (Å²) >= 11 is 0. The second-order valence-electron chi connectivity index (χ2n) is 9.78. The highest BCUT2D eigenvalue weighted by Crippen LogP contribution is 2.66. The molecule has 0 aromatic rings. The number of ether oxygens (including phenoxy) is 1. The topological polar surface area (TPSA) is 46.5 Å². The van der Waals surface area contributed by atoms with Gasteiger partial charge in [0.2, 0.25) is 0 Å². The Morgan fingerprint density at radius 1 is 1.00 bits per heavy atom. The van der Waals surface area contributed by atoms with Gasteiger partial charge in [0, 0.05) is 12.3 Å². The largest absolute Gasteiger partial charge is 0.459 e. The van der Waals surface area contributed by atoms with E-state index in [0.717, 1.165) is 30.6 Å². The van der Waals surface area contributed by atoms with Crippen LogP contribution in [0.2, 0.25) is 0 Å². The summed E-state index contributed by atoms with van der Waals surface area (Å²) in [6.07, 6.45) is 10.8. The Balaban J connectivity index is 1.62. The fraction of sp³-hybridized carbons (Fsp3) is 0.952. The Kier molecular flexibility index (Phi) is 4.02. The van der Waals surface area contributed by atoms with Crippen LogP contribution >= 0.6 is 0 Å². The highest BCUT2D eigenvalue weighted by atomic mass is 16.6. The number of rotatable bonds is 1. The highest BCUT2D eigenvalue weighted by Gasteiger charge is 2.62. The van der Waals surface area contributed by atoms with Crippen LogP contribution in [0.4, 0.5) is 0 Å². The van der Waals surface area contributed by atoms with Crippen molar-refractivity contribution >= 4 is 5.97 Å². The summed E-state index contributed by atoms with van der Waals surface area (Å²) in [6.45, 7) is 6.33. The summed E-state index contributed by atoms with van der Waals surface area (Å²) in [6, 6.07) is 0. The molecule has 0 bridgehead atoms. The minimum atomic E-state index is -0.473. The first-order chi connectivity index (χ1) is 11.4. The van der Waals surface area contributed by atoms with Crippen molar-refractivity contribution in [1.29, 1.82) is 0 Å². The van der Waals surface area contributed by atoms with Crippen LogP contribution in [0.1, 0.15) is 78.6 Å². The summed E-state index contributed by atoms with van der Waals surface area (Å²) in [5.41, 5.74) is 0.497. The van der Waals surface area contributed by atoms with E-state index in [-0.39, 0.29) is 17.5 Å². The lowest BCUT2D eigenvalue weighted by Gasteiger charge is -2.60. The molecule has 4 aliphatic carbocycles. The first kappa shape index (κ1) is 16.9. The van der Waals surface area contributed by atoms with Crippen LogP contribution in [0.5, 0.6) is 0 Å². The third-order valence-corrected chi connectivity index (χ3v) is 8.81. The lowest BCUT2D eigenvalue weighted by Crippen LogP contribution is -2.53. The third-order valence-electron chi connectivity index (χ3n) is 8.81. The van der Waals surface area contributed by atoms with Crippen molar-refractivity contribution in [2.75, 3.05) is 0 Å². The number of esters is 1. The molecule has 0 heterocycles. The van der Waals surface area contributed by atoms with E-state index in [1.165, 1.54) is 51.9 Å². The number of carbonyl (C=O) groups is 1. The molecule has 0 radical (unpaired) electrons. The maximum absolute atomic E-state index is 11.6. The summed E-state index contributed by atoms with van der Waals surface area (Å²) in [7, 11) is 0. The van der Waals surface area contributed by atoms with Crippen molar-refractivity contribution in [3.05, 3.63) is 0 Å². The average Bonchev–Trinajstić information content (AvgIpc) is 2.78. The molecule has 4 saturated carbocycles. The van der Waals surface area contributed by atoms with Crippen molar-refractivity contribution in [2.45, 2.75) is 90.8 Å². The molecule has 0 spiro atoms. The molecule has 0 aromatic heterocycles. The zero-order valence-corrected chi connectivity index (χ0v) is 15.6. The number of carbonyl (C=O) groups excluding carboxylic acids is 1. The van der Waals surface area contributed by atoms with Gasteiger partial charge in [0.25, 0.3) is 0 Å². The highest BCUT2D eigenvalue weighted by molar-refractivity contribution is 5.66. The molecule has 8 unspecified atom stereocenters. The maximum atomic E-state index is 11.6. The Hall–Kier alpha value is -0.570. The molecule has 4 aliphatic rings. The summed E-state index contributed by atoms with van der Waals surface area (Å²) < 4.78 is 5.62. The molecular formula is C21H34O3. The number of hydrogen-bond acceptors (Lipinski definition) is 3. The van der Waals surface area contributed by atoms with Crippen LogP contribution in [0.3, 0.4) is 0 Å². The molecule has 0 aliphatic heterocycles. The SMILES string of the molecule is CC(=O)OC1C(O)CC2C3CCC4CCCCC4(C)C3CCC21C. The van der Waals surface area contributed by atoms with E-state index in [4.69, 9.17) is 4.74 Å². The van der Waals surface area contributed by atoms with Gasteiger partial charge >= 0.3 is 5.97 Å². The van der Waals surface area contributed by atoms with Gasteiger partial charge < -0.3 is 9.84 Å². The zero-order valence-electron chi connectivity index (χ0n) is 15.6. The van der Waals surface area contributed by atoms with E-state index in [9.17, 15) is 9.90 Å². The number of fused-ring (bicyclic) bond motifs is 5. The standard InChI is InChI=1S/C21H34O3/c1-13(22)24-19-18(23)12-17-15-8-7-14-6-4-5-10-20(14,2)16(15)9-11-21(17,19)3/h14-19,23H,4-12H2,1-3H3. The molecule has 3 nitrogen and oxygen atoms in total. The monoisotopic (exact) mass is 334 g/mol. The van der Waals surface area contributed by atoms with Crippen LogP contribution in [0.15, 0.2) is 0 Å². The number of aliphatic hydroxyl groups excluding tert-OH is 1. The molecule has 0 aromatic carbocycles. The molecule has 4 fully saturated rings. The normalized spacial score (nSPS) is 53.7. The van der Waals surface area contributed by atoms with Crippen molar-refractivity contribution < 1.29 is 14.6 Å². The lowest BCUT2D eigenvalue weighted by atomic mass is 9.45.